The van der Waals surface area contributed by atoms with E-state index in [-0.39, 0.29) is 18.6 Å². The topological polar surface area (TPSA) is 106 Å². The van der Waals surface area contributed by atoms with Gasteiger partial charge < -0.3 is 21.1 Å². The average molecular weight is 499 g/mol. The van der Waals surface area contributed by atoms with E-state index in [1.165, 1.54) is 11.3 Å². The van der Waals surface area contributed by atoms with E-state index in [0.29, 0.717) is 27.0 Å². The van der Waals surface area contributed by atoms with Crippen LogP contribution in [0.2, 0.25) is 0 Å². The minimum atomic E-state index is -0.453. The Labute approximate surface area is 213 Å². The Morgan fingerprint density at radius 1 is 1.06 bits per heavy atom. The first kappa shape index (κ1) is 23.6. The summed E-state index contributed by atoms with van der Waals surface area (Å²) in [6.45, 7) is 2.12. The van der Waals surface area contributed by atoms with Gasteiger partial charge in [0.2, 0.25) is 0 Å². The van der Waals surface area contributed by atoms with E-state index in [0.717, 1.165) is 35.2 Å². The third-order valence-corrected chi connectivity index (χ3v) is 6.81. The number of nitrogens with one attached hydrogen (secondary N) is 2. The van der Waals surface area contributed by atoms with Gasteiger partial charge in [-0.1, -0.05) is 59.9 Å². The normalized spacial score (nSPS) is 12.7. The fourth-order valence-electron chi connectivity index (χ4n) is 3.65. The summed E-state index contributed by atoms with van der Waals surface area (Å²) in [7, 11) is 0. The smallest absolute Gasteiger partial charge is 0.351 e. The van der Waals surface area contributed by atoms with Crippen LogP contribution in [0.4, 0.5) is 16.5 Å². The molecule has 0 unspecified atom stereocenters. The number of rotatable bonds is 8. The van der Waals surface area contributed by atoms with Crippen LogP contribution in [0.25, 0.3) is 11.3 Å². The number of aryl methyl sites for hydroxylation is 1. The fraction of sp³-hybridized carbons (Fsp3) is 0.179. The molecule has 0 atom stereocenters. The van der Waals surface area contributed by atoms with E-state index in [4.69, 9.17) is 15.5 Å². The number of benzene rings is 3. The van der Waals surface area contributed by atoms with Gasteiger partial charge in [0.1, 0.15) is 11.5 Å². The molecule has 0 aliphatic heterocycles. The third kappa shape index (κ3) is 5.55. The maximum absolute atomic E-state index is 13.1. The molecule has 1 aliphatic rings. The highest BCUT2D eigenvalue weighted by Gasteiger charge is 2.25. The van der Waals surface area contributed by atoms with E-state index in [1.807, 2.05) is 67.6 Å². The molecule has 1 fully saturated rings. The number of aromatic nitrogens is 1. The summed E-state index contributed by atoms with van der Waals surface area (Å²) < 4.78 is 5.61. The summed E-state index contributed by atoms with van der Waals surface area (Å²) in [6.07, 6.45) is 2.05. The van der Waals surface area contributed by atoms with Crippen molar-refractivity contribution in [2.45, 2.75) is 32.4 Å². The number of esters is 1. The second kappa shape index (κ2) is 10.2. The molecule has 5 rings (SSSR count). The number of nitrogen functional groups attached to an aromatic ring is 1. The largest absolute Gasteiger partial charge is 0.457 e. The van der Waals surface area contributed by atoms with Gasteiger partial charge in [-0.2, -0.15) is 0 Å². The van der Waals surface area contributed by atoms with Crippen molar-refractivity contribution in [1.29, 1.82) is 0 Å². The third-order valence-electron chi connectivity index (χ3n) is 5.86. The molecule has 0 saturated heterocycles. The van der Waals surface area contributed by atoms with Crippen LogP contribution in [-0.2, 0) is 11.3 Å². The maximum atomic E-state index is 13.1. The number of nitrogens with two attached hydrogens (primary N) is 1. The molecular weight excluding hydrogens is 472 g/mol. The van der Waals surface area contributed by atoms with E-state index in [2.05, 4.69) is 10.6 Å². The number of nitrogens with zero attached hydrogens (tertiary/aromatic N) is 1. The molecular formula is C28H26N4O3S. The van der Waals surface area contributed by atoms with Crippen molar-refractivity contribution in [2.24, 2.45) is 0 Å². The molecule has 4 N–H and O–H groups in total. The zero-order chi connectivity index (χ0) is 25.1. The zero-order valence-electron chi connectivity index (χ0n) is 19.8. The Morgan fingerprint density at radius 2 is 1.81 bits per heavy atom. The van der Waals surface area contributed by atoms with Crippen LogP contribution in [-0.4, -0.2) is 22.9 Å². The first-order valence-corrected chi connectivity index (χ1v) is 12.5. The van der Waals surface area contributed by atoms with E-state index >= 15 is 0 Å². The van der Waals surface area contributed by atoms with Gasteiger partial charge in [-0.05, 0) is 55.2 Å². The van der Waals surface area contributed by atoms with Gasteiger partial charge in [-0.15, -0.1) is 0 Å². The van der Waals surface area contributed by atoms with Gasteiger partial charge in [0.05, 0.1) is 5.69 Å². The van der Waals surface area contributed by atoms with Crippen LogP contribution >= 0.6 is 11.3 Å². The van der Waals surface area contributed by atoms with Crippen molar-refractivity contribution >= 4 is 39.7 Å². The molecule has 0 bridgehead atoms. The molecule has 1 saturated carbocycles. The summed E-state index contributed by atoms with van der Waals surface area (Å²) in [4.78, 5) is 30.8. The average Bonchev–Trinajstić information content (AvgIpc) is 3.61. The van der Waals surface area contributed by atoms with Crippen LogP contribution in [0.15, 0.2) is 72.8 Å². The van der Waals surface area contributed by atoms with Gasteiger partial charge in [0.15, 0.2) is 5.13 Å². The molecule has 0 spiro atoms. The zero-order valence-corrected chi connectivity index (χ0v) is 20.6. The summed E-state index contributed by atoms with van der Waals surface area (Å²) >= 11 is 1.21. The molecule has 7 nitrogen and oxygen atoms in total. The monoisotopic (exact) mass is 498 g/mol. The summed E-state index contributed by atoms with van der Waals surface area (Å²) in [5, 5.41) is 6.84. The number of ether oxygens (including phenoxy) is 1. The van der Waals surface area contributed by atoms with Gasteiger partial charge in [0.25, 0.3) is 5.91 Å². The first-order chi connectivity index (χ1) is 17.5. The first-order valence-electron chi connectivity index (χ1n) is 11.7. The highest BCUT2D eigenvalue weighted by atomic mass is 32.1. The number of carbonyl (C=O) groups excluding carboxylic acids is 2. The Morgan fingerprint density at radius 3 is 2.53 bits per heavy atom. The summed E-state index contributed by atoms with van der Waals surface area (Å²) in [5.74, 6) is -0.544. The van der Waals surface area contributed by atoms with Crippen LogP contribution in [0.5, 0.6) is 0 Å². The maximum Gasteiger partial charge on any atom is 0.351 e. The van der Waals surface area contributed by atoms with Crippen LogP contribution in [0.3, 0.4) is 0 Å². The van der Waals surface area contributed by atoms with Crippen molar-refractivity contribution in [2.75, 3.05) is 11.1 Å². The summed E-state index contributed by atoms with van der Waals surface area (Å²) in [5.41, 5.74) is 10.9. The van der Waals surface area contributed by atoms with Gasteiger partial charge in [-0.25, -0.2) is 9.78 Å². The standard InChI is InChI=1S/C28H26N4O3S/c1-17-7-8-20(26(33)30-22-13-14-22)15-23(17)31-28-32-24(19-9-11-21(29)12-10-19)25(36-28)27(34)35-16-18-5-3-2-4-6-18/h2-12,15,22H,13-14,16,29H2,1H3,(H,30,33)(H,31,32). The summed E-state index contributed by atoms with van der Waals surface area (Å²) in [6, 6.07) is 22.5. The quantitative estimate of drug-likeness (QED) is 0.213. The molecule has 3 aromatic carbocycles. The lowest BCUT2D eigenvalue weighted by Gasteiger charge is -2.10. The molecule has 0 radical (unpaired) electrons. The van der Waals surface area contributed by atoms with Gasteiger partial charge in [0, 0.05) is 28.5 Å². The molecule has 8 heteroatoms. The molecule has 4 aromatic rings. The SMILES string of the molecule is Cc1ccc(C(=O)NC2CC2)cc1Nc1nc(-c2ccc(N)cc2)c(C(=O)OCc2ccccc2)s1. The number of hydrogen-bond donors (Lipinski definition) is 3. The van der Waals surface area contributed by atoms with E-state index in [1.54, 1.807) is 12.1 Å². The molecule has 1 amide bonds. The molecule has 1 heterocycles. The fourth-order valence-corrected chi connectivity index (χ4v) is 4.54. The van der Waals surface area contributed by atoms with Crippen molar-refractivity contribution in [3.8, 4) is 11.3 Å². The van der Waals surface area contributed by atoms with Gasteiger partial charge in [-0.3, -0.25) is 4.79 Å². The molecule has 1 aromatic heterocycles. The number of hydrogen-bond acceptors (Lipinski definition) is 7. The lowest BCUT2D eigenvalue weighted by molar-refractivity contribution is 0.0479. The Balaban J connectivity index is 1.42. The van der Waals surface area contributed by atoms with Crippen LogP contribution < -0.4 is 16.4 Å². The van der Waals surface area contributed by atoms with E-state index < -0.39 is 5.97 Å². The highest BCUT2D eigenvalue weighted by Crippen LogP contribution is 2.35. The molecule has 36 heavy (non-hydrogen) atoms. The molecule has 182 valence electrons. The number of anilines is 3. The van der Waals surface area contributed by atoms with Crippen molar-refractivity contribution in [1.82, 2.24) is 10.3 Å². The lowest BCUT2D eigenvalue weighted by Crippen LogP contribution is -2.25. The predicted molar refractivity (Wildman–Crippen MR) is 142 cm³/mol. The predicted octanol–water partition coefficient (Wildman–Crippen LogP) is 5.69. The van der Waals surface area contributed by atoms with E-state index in [9.17, 15) is 9.59 Å². The highest BCUT2D eigenvalue weighted by molar-refractivity contribution is 7.18. The number of carbonyl (C=O) groups is 2. The minimum Gasteiger partial charge on any atom is -0.457 e. The Hall–Kier alpha value is -4.17. The van der Waals surface area contributed by atoms with Crippen LogP contribution in [0, 0.1) is 6.92 Å². The molecule has 1 aliphatic carbocycles. The van der Waals surface area contributed by atoms with Crippen molar-refractivity contribution in [3.63, 3.8) is 0 Å². The van der Waals surface area contributed by atoms with Crippen molar-refractivity contribution in [3.05, 3.63) is 94.4 Å². The Bertz CT molecular complexity index is 1400. The lowest BCUT2D eigenvalue weighted by atomic mass is 10.1. The minimum absolute atomic E-state index is 0.0903. The second-order valence-electron chi connectivity index (χ2n) is 8.78. The van der Waals surface area contributed by atoms with Crippen LogP contribution in [0.1, 0.15) is 44.0 Å². The number of thiazole rings is 1. The Kier molecular flexibility index (Phi) is 6.69. The number of amides is 1. The van der Waals surface area contributed by atoms with Gasteiger partial charge >= 0.3 is 5.97 Å². The van der Waals surface area contributed by atoms with Crippen molar-refractivity contribution < 1.29 is 14.3 Å². The second-order valence-corrected chi connectivity index (χ2v) is 9.78.